The molecule has 17 heavy (non-hydrogen) atoms. The van der Waals surface area contributed by atoms with Gasteiger partial charge < -0.3 is 10.0 Å². The molecule has 0 saturated carbocycles. The Morgan fingerprint density at radius 1 is 1.35 bits per heavy atom. The van der Waals surface area contributed by atoms with Crippen LogP contribution in [0.15, 0.2) is 43.5 Å². The number of aliphatic hydroxyl groups excluding tert-OH is 1. The SMILES string of the molecule is C=CCN(CC=C)c1c(F)cccc1C(C)O. The van der Waals surface area contributed by atoms with Crippen LogP contribution in [0.2, 0.25) is 0 Å². The number of para-hydroxylation sites is 1. The van der Waals surface area contributed by atoms with E-state index >= 15 is 0 Å². The van der Waals surface area contributed by atoms with Crippen LogP contribution in [0.4, 0.5) is 10.1 Å². The number of hydrogen-bond donors (Lipinski definition) is 1. The molecule has 0 saturated heterocycles. The molecule has 1 rings (SSSR count). The summed E-state index contributed by atoms with van der Waals surface area (Å²) in [7, 11) is 0. The van der Waals surface area contributed by atoms with Crippen LogP contribution in [0.5, 0.6) is 0 Å². The molecular formula is C14H18FNO. The number of benzene rings is 1. The number of anilines is 1. The van der Waals surface area contributed by atoms with Gasteiger partial charge in [0.1, 0.15) is 5.82 Å². The van der Waals surface area contributed by atoms with Crippen molar-refractivity contribution in [3.63, 3.8) is 0 Å². The number of nitrogens with zero attached hydrogens (tertiary/aromatic N) is 1. The van der Waals surface area contributed by atoms with Crippen molar-refractivity contribution in [3.8, 4) is 0 Å². The summed E-state index contributed by atoms with van der Waals surface area (Å²) in [6.07, 6.45) is 2.68. The Bertz CT molecular complexity index is 391. The van der Waals surface area contributed by atoms with E-state index in [0.29, 0.717) is 24.3 Å². The van der Waals surface area contributed by atoms with Crippen LogP contribution in [-0.2, 0) is 0 Å². The van der Waals surface area contributed by atoms with Crippen molar-refractivity contribution in [3.05, 3.63) is 54.9 Å². The maximum Gasteiger partial charge on any atom is 0.146 e. The maximum absolute atomic E-state index is 13.9. The fourth-order valence-corrected chi connectivity index (χ4v) is 1.77. The molecule has 3 heteroatoms. The summed E-state index contributed by atoms with van der Waals surface area (Å²) in [6, 6.07) is 4.71. The molecule has 0 aliphatic rings. The van der Waals surface area contributed by atoms with Crippen molar-refractivity contribution in [1.29, 1.82) is 0 Å². The van der Waals surface area contributed by atoms with E-state index in [2.05, 4.69) is 13.2 Å². The van der Waals surface area contributed by atoms with Gasteiger partial charge in [-0.05, 0) is 13.0 Å². The van der Waals surface area contributed by atoms with Gasteiger partial charge in [-0.3, -0.25) is 0 Å². The van der Waals surface area contributed by atoms with Crippen LogP contribution < -0.4 is 4.90 Å². The van der Waals surface area contributed by atoms with E-state index in [0.717, 1.165) is 0 Å². The standard InChI is InChI=1S/C14H18FNO/c1-4-9-16(10-5-2)14-12(11(3)17)7-6-8-13(14)15/h4-8,11,17H,1-2,9-10H2,3H3. The molecule has 0 spiro atoms. The number of aliphatic hydroxyl groups is 1. The largest absolute Gasteiger partial charge is 0.389 e. The molecule has 1 N–H and O–H groups in total. The minimum atomic E-state index is -0.710. The Hall–Kier alpha value is -1.61. The van der Waals surface area contributed by atoms with Crippen molar-refractivity contribution in [2.75, 3.05) is 18.0 Å². The van der Waals surface area contributed by atoms with Gasteiger partial charge in [-0.15, -0.1) is 13.2 Å². The first kappa shape index (κ1) is 13.5. The Morgan fingerprint density at radius 2 is 1.94 bits per heavy atom. The summed E-state index contributed by atoms with van der Waals surface area (Å²) in [4.78, 5) is 1.79. The minimum absolute atomic E-state index is 0.341. The fraction of sp³-hybridized carbons (Fsp3) is 0.286. The molecule has 0 fully saturated rings. The average molecular weight is 235 g/mol. The molecule has 0 heterocycles. The molecule has 1 unspecified atom stereocenters. The predicted molar refractivity (Wildman–Crippen MR) is 69.6 cm³/mol. The van der Waals surface area contributed by atoms with Gasteiger partial charge in [-0.2, -0.15) is 0 Å². The van der Waals surface area contributed by atoms with Crippen LogP contribution in [0.1, 0.15) is 18.6 Å². The second-order valence-electron chi connectivity index (χ2n) is 3.84. The van der Waals surface area contributed by atoms with Gasteiger partial charge in [0.2, 0.25) is 0 Å². The zero-order chi connectivity index (χ0) is 12.8. The van der Waals surface area contributed by atoms with Crippen molar-refractivity contribution in [1.82, 2.24) is 0 Å². The highest BCUT2D eigenvalue weighted by Crippen LogP contribution is 2.29. The minimum Gasteiger partial charge on any atom is -0.389 e. The van der Waals surface area contributed by atoms with Gasteiger partial charge in [0.25, 0.3) is 0 Å². The summed E-state index contributed by atoms with van der Waals surface area (Å²) >= 11 is 0. The van der Waals surface area contributed by atoms with Gasteiger partial charge in [-0.25, -0.2) is 4.39 Å². The van der Waals surface area contributed by atoms with Crippen molar-refractivity contribution in [2.24, 2.45) is 0 Å². The Morgan fingerprint density at radius 3 is 2.41 bits per heavy atom. The maximum atomic E-state index is 13.9. The number of halogens is 1. The summed E-state index contributed by atoms with van der Waals surface area (Å²) in [5, 5.41) is 9.67. The topological polar surface area (TPSA) is 23.5 Å². The van der Waals surface area contributed by atoms with Crippen LogP contribution >= 0.6 is 0 Å². The Kier molecular flexibility index (Phi) is 4.91. The van der Waals surface area contributed by atoms with Gasteiger partial charge in [0.05, 0.1) is 11.8 Å². The third-order valence-corrected chi connectivity index (χ3v) is 2.48. The molecule has 0 aromatic heterocycles. The van der Waals surface area contributed by atoms with Gasteiger partial charge in [0.15, 0.2) is 0 Å². The lowest BCUT2D eigenvalue weighted by molar-refractivity contribution is 0.199. The van der Waals surface area contributed by atoms with Gasteiger partial charge >= 0.3 is 0 Å². The van der Waals surface area contributed by atoms with E-state index in [9.17, 15) is 9.50 Å². The predicted octanol–water partition coefficient (Wildman–Crippen LogP) is 3.06. The molecule has 92 valence electrons. The van der Waals surface area contributed by atoms with E-state index in [1.807, 2.05) is 0 Å². The van der Waals surface area contributed by atoms with E-state index in [1.165, 1.54) is 6.07 Å². The molecule has 1 aromatic carbocycles. The van der Waals surface area contributed by atoms with Crippen molar-refractivity contribution < 1.29 is 9.50 Å². The molecule has 0 radical (unpaired) electrons. The van der Waals surface area contributed by atoms with Gasteiger partial charge in [0, 0.05) is 18.7 Å². The summed E-state index contributed by atoms with van der Waals surface area (Å²) in [5.41, 5.74) is 0.996. The highest BCUT2D eigenvalue weighted by Gasteiger charge is 2.16. The third kappa shape index (κ3) is 3.17. The normalized spacial score (nSPS) is 11.9. The smallest absolute Gasteiger partial charge is 0.146 e. The molecular weight excluding hydrogens is 217 g/mol. The lowest BCUT2D eigenvalue weighted by atomic mass is 10.1. The summed E-state index contributed by atoms with van der Waals surface area (Å²) in [6.45, 7) is 9.94. The van der Waals surface area contributed by atoms with E-state index in [4.69, 9.17) is 0 Å². The average Bonchev–Trinajstić information content (AvgIpc) is 2.28. The van der Waals surface area contributed by atoms with Crippen LogP contribution in [0.3, 0.4) is 0 Å². The van der Waals surface area contributed by atoms with E-state index < -0.39 is 6.10 Å². The second-order valence-corrected chi connectivity index (χ2v) is 3.84. The highest BCUT2D eigenvalue weighted by atomic mass is 19.1. The van der Waals surface area contributed by atoms with Crippen molar-refractivity contribution >= 4 is 5.69 Å². The second kappa shape index (κ2) is 6.21. The lowest BCUT2D eigenvalue weighted by Crippen LogP contribution is -2.26. The first-order chi connectivity index (χ1) is 8.11. The van der Waals surface area contributed by atoms with E-state index in [-0.39, 0.29) is 5.82 Å². The van der Waals surface area contributed by atoms with Crippen LogP contribution in [0.25, 0.3) is 0 Å². The molecule has 2 nitrogen and oxygen atoms in total. The summed E-state index contributed by atoms with van der Waals surface area (Å²) in [5.74, 6) is -0.341. The van der Waals surface area contributed by atoms with Crippen LogP contribution in [0, 0.1) is 5.82 Å². The zero-order valence-electron chi connectivity index (χ0n) is 10.1. The molecule has 0 bridgehead atoms. The molecule has 0 aliphatic carbocycles. The molecule has 0 amide bonds. The zero-order valence-corrected chi connectivity index (χ0v) is 10.1. The van der Waals surface area contributed by atoms with Crippen LogP contribution in [-0.4, -0.2) is 18.2 Å². The highest BCUT2D eigenvalue weighted by molar-refractivity contribution is 5.56. The number of hydrogen-bond acceptors (Lipinski definition) is 2. The molecule has 1 atom stereocenters. The number of rotatable bonds is 6. The van der Waals surface area contributed by atoms with Gasteiger partial charge in [-0.1, -0.05) is 24.3 Å². The monoisotopic (exact) mass is 235 g/mol. The first-order valence-electron chi connectivity index (χ1n) is 5.55. The summed E-state index contributed by atoms with van der Waals surface area (Å²) < 4.78 is 13.9. The third-order valence-electron chi connectivity index (χ3n) is 2.48. The lowest BCUT2D eigenvalue weighted by Gasteiger charge is -2.26. The fourth-order valence-electron chi connectivity index (χ4n) is 1.77. The molecule has 0 aliphatic heterocycles. The molecule has 1 aromatic rings. The van der Waals surface area contributed by atoms with Crippen molar-refractivity contribution in [2.45, 2.75) is 13.0 Å². The first-order valence-corrected chi connectivity index (χ1v) is 5.55. The Balaban J connectivity index is 3.23. The quantitative estimate of drug-likeness (QED) is 0.766. The van der Waals surface area contributed by atoms with E-state index in [1.54, 1.807) is 36.1 Å². The Labute approximate surface area is 102 Å².